The van der Waals surface area contributed by atoms with Gasteiger partial charge in [0.05, 0.1) is 6.61 Å². The second-order valence-electron chi connectivity index (χ2n) is 2.83. The van der Waals surface area contributed by atoms with Gasteiger partial charge in [-0.25, -0.2) is 0 Å². The predicted octanol–water partition coefficient (Wildman–Crippen LogP) is -0.354. The third-order valence-electron chi connectivity index (χ3n) is 1.49. The summed E-state index contributed by atoms with van der Waals surface area (Å²) in [5.41, 5.74) is 0. The van der Waals surface area contributed by atoms with Gasteiger partial charge >= 0.3 is 0 Å². The minimum Gasteiger partial charge on any atom is -0.396 e. The number of aliphatic hydroxyl groups excluding tert-OH is 2. The molecular formula is C8H17NO3. The van der Waals surface area contributed by atoms with Crippen LogP contribution in [-0.4, -0.2) is 35.4 Å². The minimum absolute atomic E-state index is 0.0360. The van der Waals surface area contributed by atoms with Gasteiger partial charge in [0.1, 0.15) is 0 Å². The molecule has 12 heavy (non-hydrogen) atoms. The number of hydrogen-bond acceptors (Lipinski definition) is 3. The first-order valence-corrected chi connectivity index (χ1v) is 4.21. The van der Waals surface area contributed by atoms with E-state index in [1.165, 1.54) is 0 Å². The van der Waals surface area contributed by atoms with Crippen LogP contribution in [0.3, 0.4) is 0 Å². The molecule has 0 aromatic rings. The van der Waals surface area contributed by atoms with Crippen molar-refractivity contribution in [2.75, 3.05) is 13.2 Å². The maximum atomic E-state index is 11.0. The zero-order chi connectivity index (χ0) is 9.40. The molecule has 1 unspecified atom stereocenters. The van der Waals surface area contributed by atoms with Crippen LogP contribution >= 0.6 is 0 Å². The third kappa shape index (κ3) is 6.12. The van der Waals surface area contributed by atoms with Gasteiger partial charge in [-0.3, -0.25) is 4.79 Å². The second kappa shape index (κ2) is 7.06. The van der Waals surface area contributed by atoms with E-state index in [4.69, 9.17) is 10.2 Å². The molecule has 1 amide bonds. The molecule has 0 aromatic carbocycles. The molecule has 0 rings (SSSR count). The van der Waals surface area contributed by atoms with E-state index in [1.807, 2.05) is 0 Å². The van der Waals surface area contributed by atoms with Crippen molar-refractivity contribution < 1.29 is 15.0 Å². The molecule has 4 heteroatoms. The molecule has 0 aromatic heterocycles. The predicted molar refractivity (Wildman–Crippen MR) is 45.6 cm³/mol. The van der Waals surface area contributed by atoms with Gasteiger partial charge < -0.3 is 15.5 Å². The first-order chi connectivity index (χ1) is 5.70. The van der Waals surface area contributed by atoms with Gasteiger partial charge in [-0.15, -0.1) is 0 Å². The van der Waals surface area contributed by atoms with Crippen molar-refractivity contribution >= 4 is 5.91 Å². The summed E-state index contributed by atoms with van der Waals surface area (Å²) in [7, 11) is 0. The number of nitrogens with one attached hydrogen (secondary N) is 1. The van der Waals surface area contributed by atoms with E-state index in [0.29, 0.717) is 19.3 Å². The number of hydrogen-bond donors (Lipinski definition) is 3. The maximum Gasteiger partial charge on any atom is 0.220 e. The summed E-state index contributed by atoms with van der Waals surface area (Å²) in [6, 6.07) is -0.174. The van der Waals surface area contributed by atoms with Gasteiger partial charge in [-0.1, -0.05) is 0 Å². The lowest BCUT2D eigenvalue weighted by molar-refractivity contribution is -0.122. The van der Waals surface area contributed by atoms with Crippen molar-refractivity contribution in [1.29, 1.82) is 0 Å². The highest BCUT2D eigenvalue weighted by Crippen LogP contribution is 1.94. The molecule has 0 heterocycles. The van der Waals surface area contributed by atoms with Gasteiger partial charge in [0.25, 0.3) is 0 Å². The van der Waals surface area contributed by atoms with Crippen LogP contribution in [0.5, 0.6) is 0 Å². The Kier molecular flexibility index (Phi) is 6.70. The number of carbonyl (C=O) groups excluding carboxylic acids is 1. The average molecular weight is 175 g/mol. The molecule has 1 atom stereocenters. The molecule has 0 saturated carbocycles. The van der Waals surface area contributed by atoms with E-state index in [-0.39, 0.29) is 25.2 Å². The van der Waals surface area contributed by atoms with Crippen LogP contribution in [0.4, 0.5) is 0 Å². The van der Waals surface area contributed by atoms with E-state index >= 15 is 0 Å². The van der Waals surface area contributed by atoms with Crippen molar-refractivity contribution in [3.05, 3.63) is 0 Å². The SMILES string of the molecule is CC(CO)NC(=O)CCCCO. The van der Waals surface area contributed by atoms with Gasteiger partial charge in [-0.05, 0) is 19.8 Å². The summed E-state index contributed by atoms with van der Waals surface area (Å²) >= 11 is 0. The summed E-state index contributed by atoms with van der Waals surface area (Å²) in [6.45, 7) is 1.83. The number of rotatable bonds is 6. The Bertz CT molecular complexity index is 127. The highest BCUT2D eigenvalue weighted by atomic mass is 16.3. The Morgan fingerprint density at radius 1 is 1.42 bits per heavy atom. The lowest BCUT2D eigenvalue weighted by Gasteiger charge is -2.09. The number of aliphatic hydroxyl groups is 2. The first-order valence-electron chi connectivity index (χ1n) is 4.21. The van der Waals surface area contributed by atoms with E-state index in [1.54, 1.807) is 6.92 Å². The van der Waals surface area contributed by atoms with Crippen LogP contribution in [0.25, 0.3) is 0 Å². The van der Waals surface area contributed by atoms with Crippen LogP contribution < -0.4 is 5.32 Å². The van der Waals surface area contributed by atoms with Crippen molar-refractivity contribution in [3.63, 3.8) is 0 Å². The summed E-state index contributed by atoms with van der Waals surface area (Å²) in [6.07, 6.45) is 1.77. The second-order valence-corrected chi connectivity index (χ2v) is 2.83. The number of carbonyl (C=O) groups is 1. The van der Waals surface area contributed by atoms with Gasteiger partial charge in [-0.2, -0.15) is 0 Å². The van der Waals surface area contributed by atoms with Gasteiger partial charge in [0.2, 0.25) is 5.91 Å². The summed E-state index contributed by atoms with van der Waals surface area (Å²) < 4.78 is 0. The molecule has 0 aliphatic heterocycles. The Morgan fingerprint density at radius 3 is 2.58 bits per heavy atom. The Hall–Kier alpha value is -0.610. The van der Waals surface area contributed by atoms with Gasteiger partial charge in [0.15, 0.2) is 0 Å². The fourth-order valence-corrected chi connectivity index (χ4v) is 0.790. The number of unbranched alkanes of at least 4 members (excludes halogenated alkanes) is 1. The van der Waals surface area contributed by atoms with Crippen LogP contribution in [0.2, 0.25) is 0 Å². The molecule has 0 aliphatic carbocycles. The van der Waals surface area contributed by atoms with E-state index < -0.39 is 0 Å². The van der Waals surface area contributed by atoms with Crippen molar-refractivity contribution in [3.8, 4) is 0 Å². The molecule has 3 N–H and O–H groups in total. The third-order valence-corrected chi connectivity index (χ3v) is 1.49. The van der Waals surface area contributed by atoms with Crippen molar-refractivity contribution in [2.24, 2.45) is 0 Å². The topological polar surface area (TPSA) is 69.6 Å². The molecule has 0 saturated heterocycles. The minimum atomic E-state index is -0.174. The Labute approximate surface area is 72.6 Å². The van der Waals surface area contributed by atoms with Crippen LogP contribution in [0.1, 0.15) is 26.2 Å². The zero-order valence-electron chi connectivity index (χ0n) is 7.42. The fourth-order valence-electron chi connectivity index (χ4n) is 0.790. The maximum absolute atomic E-state index is 11.0. The van der Waals surface area contributed by atoms with Crippen molar-refractivity contribution in [1.82, 2.24) is 5.32 Å². The molecule has 72 valence electrons. The van der Waals surface area contributed by atoms with E-state index in [9.17, 15) is 4.79 Å². The molecule has 0 aliphatic rings. The summed E-state index contributed by atoms with van der Waals surface area (Å²) in [5, 5.41) is 19.7. The molecule has 0 bridgehead atoms. The van der Waals surface area contributed by atoms with E-state index in [0.717, 1.165) is 0 Å². The Morgan fingerprint density at radius 2 is 2.08 bits per heavy atom. The molecule has 0 radical (unpaired) electrons. The highest BCUT2D eigenvalue weighted by molar-refractivity contribution is 5.76. The molecule has 0 spiro atoms. The zero-order valence-corrected chi connectivity index (χ0v) is 7.42. The Balaban J connectivity index is 3.33. The summed E-state index contributed by atoms with van der Waals surface area (Å²) in [4.78, 5) is 11.0. The number of amides is 1. The normalized spacial score (nSPS) is 12.6. The first kappa shape index (κ1) is 11.4. The van der Waals surface area contributed by atoms with Gasteiger partial charge in [0, 0.05) is 19.1 Å². The highest BCUT2D eigenvalue weighted by Gasteiger charge is 2.04. The molecular weight excluding hydrogens is 158 g/mol. The van der Waals surface area contributed by atoms with E-state index in [2.05, 4.69) is 5.32 Å². The smallest absolute Gasteiger partial charge is 0.220 e. The quantitative estimate of drug-likeness (QED) is 0.483. The lowest BCUT2D eigenvalue weighted by Crippen LogP contribution is -2.34. The largest absolute Gasteiger partial charge is 0.396 e. The van der Waals surface area contributed by atoms with Crippen molar-refractivity contribution in [2.45, 2.75) is 32.2 Å². The van der Waals surface area contributed by atoms with Crippen LogP contribution in [0.15, 0.2) is 0 Å². The molecule has 4 nitrogen and oxygen atoms in total. The van der Waals surface area contributed by atoms with Crippen LogP contribution in [-0.2, 0) is 4.79 Å². The fraction of sp³-hybridized carbons (Fsp3) is 0.875. The lowest BCUT2D eigenvalue weighted by atomic mass is 10.2. The van der Waals surface area contributed by atoms with Crippen LogP contribution in [0, 0.1) is 0 Å². The average Bonchev–Trinajstić information content (AvgIpc) is 2.05. The molecule has 0 fully saturated rings. The monoisotopic (exact) mass is 175 g/mol. The standard InChI is InChI=1S/C8H17NO3/c1-7(6-11)9-8(12)4-2-3-5-10/h7,10-11H,2-6H2,1H3,(H,9,12). The summed E-state index contributed by atoms with van der Waals surface area (Å²) in [5.74, 6) is -0.0648.